The van der Waals surface area contributed by atoms with Crippen molar-refractivity contribution in [1.29, 1.82) is 0 Å². The molecule has 1 aliphatic heterocycles. The monoisotopic (exact) mass is 319 g/mol. The van der Waals surface area contributed by atoms with Gasteiger partial charge in [-0.25, -0.2) is 4.74 Å². The van der Waals surface area contributed by atoms with E-state index in [9.17, 15) is 5.21 Å². The molecule has 1 aliphatic rings. The van der Waals surface area contributed by atoms with Crippen LogP contribution in [0.4, 0.5) is 0 Å². The van der Waals surface area contributed by atoms with E-state index in [1.54, 1.807) is 13.3 Å². The summed E-state index contributed by atoms with van der Waals surface area (Å²) in [6, 6.07) is 0. The maximum absolute atomic E-state index is 12.3. The third kappa shape index (κ3) is 3.17. The van der Waals surface area contributed by atoms with Crippen LogP contribution in [0.5, 0.6) is 11.5 Å². The zero-order chi connectivity index (χ0) is 17.6. The quantitative estimate of drug-likeness (QED) is 0.357. The highest BCUT2D eigenvalue weighted by Crippen LogP contribution is 2.43. The van der Waals surface area contributed by atoms with E-state index in [0.717, 1.165) is 45.8 Å². The molecule has 4 nitrogen and oxygen atoms in total. The van der Waals surface area contributed by atoms with Crippen LogP contribution in [0, 0.1) is 26.0 Å². The minimum absolute atomic E-state index is 0.465. The molecule has 0 aromatic heterocycles. The van der Waals surface area contributed by atoms with Crippen LogP contribution in [-0.2, 0) is 6.42 Å². The van der Waals surface area contributed by atoms with Crippen LogP contribution in [0.15, 0.2) is 0 Å². The second-order valence-electron chi connectivity index (χ2n) is 7.76. The van der Waals surface area contributed by atoms with Crippen LogP contribution in [0.1, 0.15) is 56.4 Å². The van der Waals surface area contributed by atoms with Crippen molar-refractivity contribution in [2.45, 2.75) is 72.4 Å². The summed E-state index contributed by atoms with van der Waals surface area (Å²) in [5.41, 5.74) is 3.48. The molecule has 0 aliphatic carbocycles. The van der Waals surface area contributed by atoms with Gasteiger partial charge in [-0.1, -0.05) is 0 Å². The van der Waals surface area contributed by atoms with Crippen LogP contribution in [0.3, 0.4) is 0 Å². The Bertz CT molecular complexity index is 656. The summed E-state index contributed by atoms with van der Waals surface area (Å²) in [6.07, 6.45) is 3.34. The summed E-state index contributed by atoms with van der Waals surface area (Å²) in [5.74, 6) is 1.85. The summed E-state index contributed by atoms with van der Waals surface area (Å²) in [7, 11) is 1.71. The van der Waals surface area contributed by atoms with Gasteiger partial charge in [-0.3, -0.25) is 0 Å². The first-order valence-electron chi connectivity index (χ1n) is 8.18. The Morgan fingerprint density at radius 2 is 1.78 bits per heavy atom. The zero-order valence-corrected chi connectivity index (χ0v) is 15.7. The maximum atomic E-state index is 12.3. The number of hydroxylamine groups is 1. The molecule has 1 aromatic carbocycles. The smallest absolute Gasteiger partial charge is 0.195 e. The minimum Gasteiger partial charge on any atom is -0.624 e. The van der Waals surface area contributed by atoms with Crippen LogP contribution in [-0.4, -0.2) is 29.2 Å². The van der Waals surface area contributed by atoms with Gasteiger partial charge in [0.05, 0.1) is 7.11 Å². The predicted octanol–water partition coefficient (Wildman–Crippen LogP) is 4.08. The van der Waals surface area contributed by atoms with Crippen molar-refractivity contribution >= 4 is 6.21 Å². The van der Waals surface area contributed by atoms with Crippen molar-refractivity contribution < 1.29 is 14.2 Å². The predicted molar refractivity (Wildman–Crippen MR) is 94.0 cm³/mol. The lowest BCUT2D eigenvalue weighted by molar-refractivity contribution is -0.534. The summed E-state index contributed by atoms with van der Waals surface area (Å²) in [5, 5.41) is 12.3. The van der Waals surface area contributed by atoms with E-state index in [2.05, 4.69) is 20.8 Å². The molecule has 0 amide bonds. The highest BCUT2D eigenvalue weighted by molar-refractivity contribution is 5.67. The molecular weight excluding hydrogens is 290 g/mol. The van der Waals surface area contributed by atoms with Gasteiger partial charge in [0, 0.05) is 32.8 Å². The Hall–Kier alpha value is -1.71. The molecule has 0 radical (unpaired) electrons. The van der Waals surface area contributed by atoms with Gasteiger partial charge in [-0.2, -0.15) is 0 Å². The molecule has 1 aromatic rings. The highest BCUT2D eigenvalue weighted by Gasteiger charge is 2.37. The van der Waals surface area contributed by atoms with Gasteiger partial charge in [-0.15, -0.1) is 0 Å². The molecule has 2 rings (SSSR count). The number of methoxy groups -OCH3 is 1. The second-order valence-corrected chi connectivity index (χ2v) is 7.76. The Morgan fingerprint density at radius 1 is 1.17 bits per heavy atom. The number of hydrogen-bond donors (Lipinski definition) is 0. The molecule has 1 atom stereocenters. The lowest BCUT2D eigenvalue weighted by Gasteiger charge is -2.35. The fourth-order valence-electron chi connectivity index (χ4n) is 3.09. The summed E-state index contributed by atoms with van der Waals surface area (Å²) < 4.78 is 12.9. The fraction of sp³-hybridized carbons (Fsp3) is 0.632. The van der Waals surface area contributed by atoms with E-state index >= 15 is 0 Å². The zero-order valence-electron chi connectivity index (χ0n) is 15.7. The van der Waals surface area contributed by atoms with Crippen LogP contribution in [0.25, 0.3) is 0 Å². The lowest BCUT2D eigenvalue weighted by Crippen LogP contribution is -2.44. The van der Waals surface area contributed by atoms with Gasteiger partial charge in [0.15, 0.2) is 17.4 Å². The summed E-state index contributed by atoms with van der Waals surface area (Å²) in [4.78, 5) is 0. The number of nitrogens with zero attached hydrogens (tertiary/aromatic N) is 1. The van der Waals surface area contributed by atoms with E-state index in [1.807, 2.05) is 27.7 Å². The Morgan fingerprint density at radius 3 is 2.30 bits per heavy atom. The molecule has 0 spiro atoms. The average Bonchev–Trinajstić information content (AvgIpc) is 2.44. The van der Waals surface area contributed by atoms with E-state index in [1.165, 1.54) is 5.56 Å². The van der Waals surface area contributed by atoms with Gasteiger partial charge in [0.1, 0.15) is 11.5 Å². The Balaban J connectivity index is 2.50. The second kappa shape index (κ2) is 5.73. The minimum atomic E-state index is -0.583. The topological polar surface area (TPSA) is 44.5 Å². The van der Waals surface area contributed by atoms with Crippen molar-refractivity contribution in [3.05, 3.63) is 27.5 Å². The Kier molecular flexibility index (Phi) is 4.40. The third-order valence-electron chi connectivity index (χ3n) is 4.77. The normalized spacial score (nSPS) is 21.7. The Labute approximate surface area is 139 Å². The molecule has 0 saturated heterocycles. The summed E-state index contributed by atoms with van der Waals surface area (Å²) >= 11 is 0. The largest absolute Gasteiger partial charge is 0.624 e. The SMILES string of the molecule is COc1c(C)c(C)c2c(c1C)CCC(C)(/C=[N+](\[O-])C(C)(C)C)O2. The number of hydrogen-bond acceptors (Lipinski definition) is 3. The summed E-state index contributed by atoms with van der Waals surface area (Å²) in [6.45, 7) is 13.9. The molecule has 0 fully saturated rings. The molecular formula is C19H29NO3. The van der Waals surface area contributed by atoms with Crippen LogP contribution < -0.4 is 9.47 Å². The molecule has 23 heavy (non-hydrogen) atoms. The number of ether oxygens (including phenoxy) is 2. The van der Waals surface area contributed by atoms with Gasteiger partial charge in [-0.05, 0) is 50.8 Å². The molecule has 128 valence electrons. The van der Waals surface area contributed by atoms with Crippen molar-refractivity contribution in [1.82, 2.24) is 0 Å². The van der Waals surface area contributed by atoms with Gasteiger partial charge in [0.2, 0.25) is 0 Å². The molecule has 0 saturated carbocycles. The molecule has 0 bridgehead atoms. The number of rotatable bonds is 2. The van der Waals surface area contributed by atoms with Crippen molar-refractivity contribution in [2.75, 3.05) is 7.11 Å². The van der Waals surface area contributed by atoms with Crippen LogP contribution >= 0.6 is 0 Å². The van der Waals surface area contributed by atoms with E-state index in [4.69, 9.17) is 9.47 Å². The lowest BCUT2D eigenvalue weighted by atomic mass is 9.87. The van der Waals surface area contributed by atoms with E-state index in [0.29, 0.717) is 0 Å². The van der Waals surface area contributed by atoms with E-state index < -0.39 is 11.1 Å². The van der Waals surface area contributed by atoms with Crippen molar-refractivity contribution in [2.24, 2.45) is 0 Å². The highest BCUT2D eigenvalue weighted by atomic mass is 16.5. The molecule has 0 N–H and O–H groups in total. The molecule has 1 heterocycles. The number of benzene rings is 1. The third-order valence-corrected chi connectivity index (χ3v) is 4.77. The first-order chi connectivity index (χ1) is 10.5. The fourth-order valence-corrected chi connectivity index (χ4v) is 3.09. The first-order valence-corrected chi connectivity index (χ1v) is 8.18. The van der Waals surface area contributed by atoms with Gasteiger partial charge >= 0.3 is 0 Å². The van der Waals surface area contributed by atoms with Crippen molar-refractivity contribution in [3.8, 4) is 11.5 Å². The van der Waals surface area contributed by atoms with E-state index in [-0.39, 0.29) is 0 Å². The molecule has 1 unspecified atom stereocenters. The average molecular weight is 319 g/mol. The first kappa shape index (κ1) is 17.6. The number of fused-ring (bicyclic) bond motifs is 1. The van der Waals surface area contributed by atoms with Gasteiger partial charge in [0.25, 0.3) is 0 Å². The molecule has 4 heteroatoms. The van der Waals surface area contributed by atoms with Crippen molar-refractivity contribution in [3.63, 3.8) is 0 Å². The van der Waals surface area contributed by atoms with Gasteiger partial charge < -0.3 is 14.7 Å². The standard InChI is InChI=1S/C19H29NO3/c1-12-13(2)17-15(14(3)16(12)22-8)9-10-19(7,23-17)11-20(21)18(4,5)6/h11H,9-10H2,1-8H3/b20-11-. The van der Waals surface area contributed by atoms with Crippen LogP contribution in [0.2, 0.25) is 0 Å². The maximum Gasteiger partial charge on any atom is 0.195 e.